The number of rotatable bonds is 5. The molecule has 1 N–H and O–H groups in total. The molecular formula is C17H22IN3O3. The highest BCUT2D eigenvalue weighted by Gasteiger charge is 2.40. The van der Waals surface area contributed by atoms with E-state index in [0.29, 0.717) is 13.2 Å². The number of benzene rings is 1. The summed E-state index contributed by atoms with van der Waals surface area (Å²) in [5.41, 5.74) is 0.970. The zero-order valence-electron chi connectivity index (χ0n) is 14.0. The Morgan fingerprint density at radius 3 is 2.33 bits per heavy atom. The van der Waals surface area contributed by atoms with Crippen LogP contribution in [0.5, 0.6) is 0 Å². The molecule has 6 nitrogen and oxygen atoms in total. The summed E-state index contributed by atoms with van der Waals surface area (Å²) in [6.07, 6.45) is 0. The van der Waals surface area contributed by atoms with Gasteiger partial charge >= 0.3 is 0 Å². The SMILES string of the molecule is CC(=O)[C@@H]1CN(c2ccccc2)CN1C(=O)[C@@H](NC(=O)I)C(C)C. The molecule has 2 atom stereocenters. The molecule has 0 unspecified atom stereocenters. The highest BCUT2D eigenvalue weighted by Crippen LogP contribution is 2.24. The largest absolute Gasteiger partial charge is 0.351 e. The van der Waals surface area contributed by atoms with Gasteiger partial charge in [0.2, 0.25) is 5.91 Å². The molecule has 1 saturated heterocycles. The van der Waals surface area contributed by atoms with Gasteiger partial charge in [-0.2, -0.15) is 0 Å². The predicted octanol–water partition coefficient (Wildman–Crippen LogP) is 2.42. The lowest BCUT2D eigenvalue weighted by Crippen LogP contribution is -2.53. The van der Waals surface area contributed by atoms with Crippen LogP contribution < -0.4 is 10.2 Å². The molecule has 7 heteroatoms. The second-order valence-electron chi connectivity index (χ2n) is 6.27. The number of hydrogen-bond acceptors (Lipinski definition) is 4. The smallest absolute Gasteiger partial charge is 0.281 e. The number of halogens is 1. The fourth-order valence-corrected chi connectivity index (χ4v) is 3.19. The summed E-state index contributed by atoms with van der Waals surface area (Å²) in [6, 6.07) is 8.56. The van der Waals surface area contributed by atoms with Gasteiger partial charge in [0.05, 0.1) is 6.67 Å². The van der Waals surface area contributed by atoms with E-state index in [-0.39, 0.29) is 21.5 Å². The molecule has 1 aromatic carbocycles. The van der Waals surface area contributed by atoms with Crippen molar-refractivity contribution >= 4 is 43.9 Å². The number of hydrogen-bond donors (Lipinski definition) is 1. The first-order chi connectivity index (χ1) is 11.3. The molecule has 1 aromatic rings. The summed E-state index contributed by atoms with van der Waals surface area (Å²) in [7, 11) is 0. The van der Waals surface area contributed by atoms with Gasteiger partial charge in [0.15, 0.2) is 5.78 Å². The monoisotopic (exact) mass is 443 g/mol. The van der Waals surface area contributed by atoms with E-state index < -0.39 is 12.1 Å². The topological polar surface area (TPSA) is 69.7 Å². The third kappa shape index (κ3) is 4.25. The molecule has 24 heavy (non-hydrogen) atoms. The van der Waals surface area contributed by atoms with Crippen molar-refractivity contribution in [3.63, 3.8) is 0 Å². The molecule has 1 aliphatic rings. The van der Waals surface area contributed by atoms with Gasteiger partial charge in [0.1, 0.15) is 12.1 Å². The first kappa shape index (κ1) is 18.7. The van der Waals surface area contributed by atoms with E-state index in [9.17, 15) is 14.4 Å². The van der Waals surface area contributed by atoms with Gasteiger partial charge in [-0.1, -0.05) is 32.0 Å². The van der Waals surface area contributed by atoms with Crippen LogP contribution in [-0.2, 0) is 9.59 Å². The molecule has 1 heterocycles. The Kier molecular flexibility index (Phi) is 6.20. The number of ketones is 1. The van der Waals surface area contributed by atoms with E-state index in [1.54, 1.807) is 27.5 Å². The molecule has 0 spiro atoms. The average molecular weight is 443 g/mol. The minimum atomic E-state index is -0.632. The number of Topliss-reactive ketones (excluding diaryl/α,β-unsaturated/α-hetero) is 1. The molecule has 0 radical (unpaired) electrons. The zero-order chi connectivity index (χ0) is 17.9. The lowest BCUT2D eigenvalue weighted by Gasteiger charge is -2.29. The molecule has 0 aliphatic carbocycles. The van der Waals surface area contributed by atoms with Crippen LogP contribution in [0.2, 0.25) is 0 Å². The number of nitrogens with one attached hydrogen (secondary N) is 1. The maximum Gasteiger partial charge on any atom is 0.281 e. The highest BCUT2D eigenvalue weighted by atomic mass is 127. The number of nitrogens with zero attached hydrogens (tertiary/aromatic N) is 2. The van der Waals surface area contributed by atoms with Gasteiger partial charge in [-0.25, -0.2) is 0 Å². The summed E-state index contributed by atoms with van der Waals surface area (Å²) in [6.45, 7) is 6.06. The summed E-state index contributed by atoms with van der Waals surface area (Å²) in [4.78, 5) is 40.0. The molecule has 0 saturated carbocycles. The average Bonchev–Trinajstić information content (AvgIpc) is 2.98. The van der Waals surface area contributed by atoms with Crippen molar-refractivity contribution in [3.8, 4) is 0 Å². The van der Waals surface area contributed by atoms with Crippen molar-refractivity contribution < 1.29 is 14.4 Å². The van der Waals surface area contributed by atoms with Crippen molar-refractivity contribution in [2.75, 3.05) is 18.1 Å². The van der Waals surface area contributed by atoms with Crippen LogP contribution in [0, 0.1) is 5.92 Å². The van der Waals surface area contributed by atoms with Gasteiger partial charge in [-0.15, -0.1) is 0 Å². The van der Waals surface area contributed by atoms with Crippen molar-refractivity contribution in [3.05, 3.63) is 30.3 Å². The second kappa shape index (κ2) is 7.96. The minimum Gasteiger partial charge on any atom is -0.351 e. The molecule has 130 valence electrons. The van der Waals surface area contributed by atoms with Crippen LogP contribution >= 0.6 is 22.6 Å². The number of anilines is 1. The lowest BCUT2D eigenvalue weighted by atomic mass is 10.0. The summed E-state index contributed by atoms with van der Waals surface area (Å²) in [5.74, 6) is -0.326. The molecule has 1 fully saturated rings. The van der Waals surface area contributed by atoms with Crippen LogP contribution in [0.4, 0.5) is 10.5 Å². The maximum atomic E-state index is 12.9. The highest BCUT2D eigenvalue weighted by molar-refractivity contribution is 14.1. The molecule has 0 bridgehead atoms. The number of carbonyl (C=O) groups excluding carboxylic acids is 3. The summed E-state index contributed by atoms with van der Waals surface area (Å²) >= 11 is 1.62. The normalized spacial score (nSPS) is 18.6. The van der Waals surface area contributed by atoms with Crippen LogP contribution in [0.1, 0.15) is 20.8 Å². The van der Waals surface area contributed by atoms with Gasteiger partial charge < -0.3 is 15.1 Å². The zero-order valence-corrected chi connectivity index (χ0v) is 16.2. The quantitative estimate of drug-likeness (QED) is 0.431. The van der Waals surface area contributed by atoms with E-state index in [0.717, 1.165) is 5.69 Å². The maximum absolute atomic E-state index is 12.9. The van der Waals surface area contributed by atoms with E-state index in [2.05, 4.69) is 5.32 Å². The van der Waals surface area contributed by atoms with Crippen LogP contribution in [0.15, 0.2) is 30.3 Å². The van der Waals surface area contributed by atoms with Gasteiger partial charge in [-0.05, 0) is 25.0 Å². The first-order valence-electron chi connectivity index (χ1n) is 7.88. The molecule has 2 rings (SSSR count). The Morgan fingerprint density at radius 1 is 1.21 bits per heavy atom. The Hall–Kier alpha value is -1.64. The first-order valence-corrected chi connectivity index (χ1v) is 8.96. The van der Waals surface area contributed by atoms with Gasteiger partial charge in [0.25, 0.3) is 3.91 Å². The standard InChI is InChI=1S/C17H22IN3O3/c1-11(2)15(19-17(18)24)16(23)21-10-20(9-14(21)12(3)22)13-7-5-4-6-8-13/h4-8,11,14-15H,9-10H2,1-3H3,(H,19,24)/t14-,15-/m0/s1. The van der Waals surface area contributed by atoms with E-state index in [4.69, 9.17) is 0 Å². The van der Waals surface area contributed by atoms with E-state index in [1.807, 2.05) is 49.1 Å². The Labute approximate surface area is 155 Å². The number of para-hydroxylation sites is 1. The Bertz CT molecular complexity index is 621. The van der Waals surface area contributed by atoms with Crippen molar-refractivity contribution in [1.82, 2.24) is 10.2 Å². The minimum absolute atomic E-state index is 0.0508. The Morgan fingerprint density at radius 2 is 1.83 bits per heavy atom. The predicted molar refractivity (Wildman–Crippen MR) is 101 cm³/mol. The van der Waals surface area contributed by atoms with E-state index >= 15 is 0 Å². The second-order valence-corrected chi connectivity index (χ2v) is 7.25. The number of amides is 2. The lowest BCUT2D eigenvalue weighted by molar-refractivity contribution is -0.139. The molecule has 1 aliphatic heterocycles. The van der Waals surface area contributed by atoms with Gasteiger partial charge in [-0.3, -0.25) is 14.4 Å². The summed E-state index contributed by atoms with van der Waals surface area (Å²) in [5, 5.41) is 2.70. The number of carbonyl (C=O) groups is 3. The molecular weight excluding hydrogens is 421 g/mol. The van der Waals surface area contributed by atoms with Crippen molar-refractivity contribution in [1.29, 1.82) is 0 Å². The third-order valence-electron chi connectivity index (χ3n) is 4.17. The molecule has 2 amide bonds. The third-order valence-corrected chi connectivity index (χ3v) is 4.48. The van der Waals surface area contributed by atoms with Gasteiger partial charge in [0, 0.05) is 34.8 Å². The van der Waals surface area contributed by atoms with Crippen molar-refractivity contribution in [2.24, 2.45) is 5.92 Å². The fourth-order valence-electron chi connectivity index (χ4n) is 2.86. The van der Waals surface area contributed by atoms with E-state index in [1.165, 1.54) is 6.92 Å². The van der Waals surface area contributed by atoms with Crippen LogP contribution in [-0.4, -0.2) is 45.8 Å². The summed E-state index contributed by atoms with van der Waals surface area (Å²) < 4.78 is -0.280. The fraction of sp³-hybridized carbons (Fsp3) is 0.471. The van der Waals surface area contributed by atoms with Crippen LogP contribution in [0.3, 0.4) is 0 Å². The molecule has 0 aromatic heterocycles. The Balaban J connectivity index is 2.24. The van der Waals surface area contributed by atoms with Crippen molar-refractivity contribution in [2.45, 2.75) is 32.9 Å². The van der Waals surface area contributed by atoms with Crippen LogP contribution in [0.25, 0.3) is 0 Å².